The van der Waals surface area contributed by atoms with E-state index in [1.54, 1.807) is 24.5 Å². The quantitative estimate of drug-likeness (QED) is 0.123. The van der Waals surface area contributed by atoms with E-state index in [4.69, 9.17) is 4.98 Å². The van der Waals surface area contributed by atoms with E-state index in [1.807, 2.05) is 48.5 Å². The second kappa shape index (κ2) is 18.6. The van der Waals surface area contributed by atoms with Crippen LogP contribution in [0, 0.1) is 0 Å². The summed E-state index contributed by atoms with van der Waals surface area (Å²) in [6.45, 7) is 0. The largest absolute Gasteiger partial charge is 1.00 e. The molecule has 0 saturated heterocycles. The number of para-hydroxylation sites is 3. The number of nitrogens with one attached hydrogen (secondary N) is 2. The van der Waals surface area contributed by atoms with Crippen LogP contribution in [0.15, 0.2) is 231 Å². The standard InChI is InChI=1S/C63H40N4O2.2Li/c68-57-34-32-47(52-14-8-36-64-61(52)57)40-20-24-42(25-21-40)59-49-12-4-5-13-50(49)60(43-26-22-41(23-27-43)48-33-35-58(69)62-53(48)15-9-37-65-62)54-38-45(30-31-51(54)59)39-18-28-44(29-19-39)63-66-55-16-6-7-17-56(55)67(63)46-10-2-1-3-11-46;;/h1-38,68-69H;;/q;2*+1. The van der Waals surface area contributed by atoms with Gasteiger partial charge < -0.3 is 10.2 Å². The van der Waals surface area contributed by atoms with Gasteiger partial charge in [-0.05, 0) is 131 Å². The number of aromatic nitrogens is 4. The topological polar surface area (TPSA) is 92.2 Å². The smallest absolute Gasteiger partial charge is 0.868 e. The minimum Gasteiger partial charge on any atom is -0.868 e. The molecule has 0 amide bonds. The van der Waals surface area contributed by atoms with E-state index in [0.29, 0.717) is 11.0 Å². The van der Waals surface area contributed by atoms with Gasteiger partial charge in [0.15, 0.2) is 12.4 Å². The second-order valence-corrected chi connectivity index (χ2v) is 17.5. The van der Waals surface area contributed by atoms with Crippen molar-refractivity contribution in [3.8, 4) is 84.2 Å². The Hall–Kier alpha value is -8.20. The molecule has 6 nitrogen and oxygen atoms in total. The van der Waals surface area contributed by atoms with Gasteiger partial charge in [0.1, 0.15) is 5.82 Å². The van der Waals surface area contributed by atoms with Crippen LogP contribution < -0.4 is 57.9 Å². The van der Waals surface area contributed by atoms with E-state index in [9.17, 15) is 10.2 Å². The van der Waals surface area contributed by atoms with Crippen LogP contribution in [0.4, 0.5) is 0 Å². The predicted molar refractivity (Wildman–Crippen MR) is 276 cm³/mol. The zero-order valence-electron chi connectivity index (χ0n) is 39.2. The van der Waals surface area contributed by atoms with Crippen LogP contribution in [-0.2, 0) is 0 Å². The molecule has 3 aromatic heterocycles. The third kappa shape index (κ3) is 7.76. The molecule has 0 spiro atoms. The molecule has 10 aromatic carbocycles. The Kier molecular flexibility index (Phi) is 11.9. The Morgan fingerprint density at radius 1 is 0.352 bits per heavy atom. The summed E-state index contributed by atoms with van der Waals surface area (Å²) in [7, 11) is 0. The molecule has 8 heteroatoms. The third-order valence-corrected chi connectivity index (χ3v) is 13.6. The number of rotatable bonds is 7. The molecule has 0 saturated carbocycles. The molecule has 0 unspecified atom stereocenters. The van der Waals surface area contributed by atoms with Crippen LogP contribution in [0.25, 0.3) is 127 Å². The van der Waals surface area contributed by atoms with E-state index in [2.05, 4.69) is 172 Å². The zero-order valence-corrected chi connectivity index (χ0v) is 39.2. The number of pyridine rings is 2. The molecular weight excluding hydrogens is 859 g/mol. The van der Waals surface area contributed by atoms with Crippen LogP contribution in [0.5, 0.6) is 11.5 Å². The molecule has 324 valence electrons. The molecule has 2 N–H and O–H groups in total. The van der Waals surface area contributed by atoms with Crippen LogP contribution in [0.1, 0.15) is 0 Å². The van der Waals surface area contributed by atoms with Crippen LogP contribution in [0.3, 0.4) is 0 Å². The number of hydrogen-bond donors (Lipinski definition) is 0. The maximum absolute atomic E-state index is 12.8. The zero-order chi connectivity index (χ0) is 46.0. The molecule has 0 atom stereocenters. The monoisotopic (exact) mass is 898 g/mol. The fraction of sp³-hybridized carbons (Fsp3) is 0. The van der Waals surface area contributed by atoms with Crippen molar-refractivity contribution in [2.75, 3.05) is 0 Å². The van der Waals surface area contributed by atoms with Gasteiger partial charge in [-0.25, -0.2) is 15.0 Å². The van der Waals surface area contributed by atoms with Gasteiger partial charge in [0.2, 0.25) is 11.0 Å². The van der Waals surface area contributed by atoms with Gasteiger partial charge in [0.05, 0.1) is 21.8 Å². The molecule has 0 radical (unpaired) electrons. The van der Waals surface area contributed by atoms with E-state index in [0.717, 1.165) is 116 Å². The Morgan fingerprint density at radius 2 is 0.803 bits per heavy atom. The average Bonchev–Trinajstić information content (AvgIpc) is 3.81. The maximum Gasteiger partial charge on any atom is 1.00 e. The first-order valence-electron chi connectivity index (χ1n) is 23.1. The molecule has 0 aliphatic carbocycles. The Bertz CT molecular complexity index is 4140. The van der Waals surface area contributed by atoms with Crippen molar-refractivity contribution in [1.82, 2.24) is 9.55 Å². The predicted octanol–water partition coefficient (Wildman–Crippen LogP) is 7.42. The summed E-state index contributed by atoms with van der Waals surface area (Å²) in [6, 6.07) is 75.6. The number of hydrogen-bond acceptors (Lipinski definition) is 3. The minimum absolute atomic E-state index is 0. The van der Waals surface area contributed by atoms with E-state index in [1.165, 1.54) is 0 Å². The van der Waals surface area contributed by atoms with Crippen molar-refractivity contribution < 1.29 is 57.9 Å². The molecule has 0 aliphatic rings. The van der Waals surface area contributed by atoms with Crippen molar-refractivity contribution in [3.05, 3.63) is 231 Å². The third-order valence-electron chi connectivity index (χ3n) is 13.6. The molecule has 0 fully saturated rings. The number of benzene rings is 10. The van der Waals surface area contributed by atoms with Gasteiger partial charge in [0.25, 0.3) is 0 Å². The minimum atomic E-state index is -0.0267. The number of aromatic amines is 2. The molecule has 0 bridgehead atoms. The number of H-pyrrole nitrogens is 2. The summed E-state index contributed by atoms with van der Waals surface area (Å²) in [6.07, 6.45) is 3.59. The summed E-state index contributed by atoms with van der Waals surface area (Å²) in [4.78, 5) is 11.4. The first-order chi connectivity index (χ1) is 34.1. The first kappa shape index (κ1) is 45.3. The first-order valence-corrected chi connectivity index (χ1v) is 23.1. The molecule has 3 heterocycles. The van der Waals surface area contributed by atoms with Crippen molar-refractivity contribution >= 4 is 54.4 Å². The second-order valence-electron chi connectivity index (χ2n) is 17.5. The van der Waals surface area contributed by atoms with Gasteiger partial charge in [-0.1, -0.05) is 164 Å². The molecule has 13 rings (SSSR count). The number of imidazole rings is 1. The van der Waals surface area contributed by atoms with Crippen molar-refractivity contribution in [3.63, 3.8) is 0 Å². The SMILES string of the molecule is [Li+].[Li+].[O-]c1ccc(-c2ccc(-c3c4ccccc4c(-c4ccc(-c5ccc([O-])c6[nH+]cccc56)cc4)c4cc(-c5ccc(-c6nc7ccccc7n6-c6ccccc6)cc5)ccc34)cc2)c2ccc[nH+]c12. The molecule has 71 heavy (non-hydrogen) atoms. The van der Waals surface area contributed by atoms with Crippen LogP contribution >= 0.6 is 0 Å². The van der Waals surface area contributed by atoms with Crippen LogP contribution in [0.2, 0.25) is 0 Å². The summed E-state index contributed by atoms with van der Waals surface area (Å²) >= 11 is 0. The molecule has 13 aromatic rings. The maximum atomic E-state index is 12.8. The van der Waals surface area contributed by atoms with Gasteiger partial charge >= 0.3 is 37.7 Å². The van der Waals surface area contributed by atoms with E-state index in [-0.39, 0.29) is 49.2 Å². The number of fused-ring (bicyclic) bond motifs is 5. The van der Waals surface area contributed by atoms with Gasteiger partial charge in [0, 0.05) is 23.4 Å². The van der Waals surface area contributed by atoms with E-state index < -0.39 is 0 Å². The van der Waals surface area contributed by atoms with Crippen LogP contribution in [-0.4, -0.2) is 9.55 Å². The summed E-state index contributed by atoms with van der Waals surface area (Å²) < 4.78 is 2.24. The fourth-order valence-electron chi connectivity index (χ4n) is 10.4. The van der Waals surface area contributed by atoms with E-state index >= 15 is 0 Å². The number of nitrogens with zero attached hydrogens (tertiary/aromatic N) is 2. The fourth-order valence-corrected chi connectivity index (χ4v) is 10.4. The molecule has 0 aliphatic heterocycles. The van der Waals surface area contributed by atoms with Gasteiger partial charge in [-0.3, -0.25) is 4.57 Å². The Morgan fingerprint density at radius 3 is 1.39 bits per heavy atom. The molecular formula is C63H40Li2N4O2+2. The summed E-state index contributed by atoms with van der Waals surface area (Å²) in [5.41, 5.74) is 16.1. The Balaban J connectivity index is 0.00000273. The van der Waals surface area contributed by atoms with Gasteiger partial charge in [-0.15, -0.1) is 0 Å². The average molecular weight is 899 g/mol. The Labute approximate surface area is 434 Å². The normalized spacial score (nSPS) is 11.3. The summed E-state index contributed by atoms with van der Waals surface area (Å²) in [5.74, 6) is 0.841. The van der Waals surface area contributed by atoms with Gasteiger partial charge in [-0.2, -0.15) is 0 Å². The van der Waals surface area contributed by atoms with Crippen molar-refractivity contribution in [1.29, 1.82) is 0 Å². The summed E-state index contributed by atoms with van der Waals surface area (Å²) in [5, 5.41) is 31.9. The van der Waals surface area contributed by atoms with Crippen molar-refractivity contribution in [2.24, 2.45) is 0 Å². The van der Waals surface area contributed by atoms with Crippen molar-refractivity contribution in [2.45, 2.75) is 0 Å².